The van der Waals surface area contributed by atoms with Crippen LogP contribution < -0.4 is 17.0 Å². The van der Waals surface area contributed by atoms with Crippen molar-refractivity contribution in [3.63, 3.8) is 0 Å². The van der Waals surface area contributed by atoms with Crippen LogP contribution in [0.5, 0.6) is 0 Å². The fourth-order valence-corrected chi connectivity index (χ4v) is 4.65. The van der Waals surface area contributed by atoms with Crippen molar-refractivity contribution in [2.75, 3.05) is 0 Å². The number of fused-ring (bicyclic) bond motifs is 2. The highest BCUT2D eigenvalue weighted by molar-refractivity contribution is 7.19. The number of para-hydroxylation sites is 1. The van der Waals surface area contributed by atoms with E-state index in [2.05, 4.69) is 17.1 Å². The van der Waals surface area contributed by atoms with Gasteiger partial charge in [0.15, 0.2) is 18.9 Å². The minimum absolute atomic E-state index is 0. The third-order valence-corrected chi connectivity index (χ3v) is 6.21. The normalized spacial score (nSPS) is 11.1. The first-order valence-corrected chi connectivity index (χ1v) is 10.5. The second-order valence-electron chi connectivity index (χ2n) is 7.01. The summed E-state index contributed by atoms with van der Waals surface area (Å²) < 4.78 is 5.04. The predicted octanol–water partition coefficient (Wildman–Crippen LogP) is 1.82. The van der Waals surface area contributed by atoms with E-state index in [4.69, 9.17) is 0 Å². The van der Waals surface area contributed by atoms with E-state index in [1.807, 2.05) is 94.3 Å². The monoisotopic (exact) mass is 453 g/mol. The van der Waals surface area contributed by atoms with Gasteiger partial charge in [-0.3, -0.25) is 0 Å². The number of hydrogen-bond donors (Lipinski definition) is 0. The van der Waals surface area contributed by atoms with Gasteiger partial charge in [0.05, 0.1) is 38.1 Å². The van der Waals surface area contributed by atoms with Crippen LogP contribution in [0.2, 0.25) is 0 Å². The van der Waals surface area contributed by atoms with Crippen LogP contribution in [0.1, 0.15) is 21.8 Å². The van der Waals surface area contributed by atoms with Crippen LogP contribution in [-0.4, -0.2) is 9.38 Å². The van der Waals surface area contributed by atoms with E-state index in [1.54, 1.807) is 0 Å². The third kappa shape index (κ3) is 3.74. The summed E-state index contributed by atoms with van der Waals surface area (Å²) in [4.78, 5) is 4.65. The summed E-state index contributed by atoms with van der Waals surface area (Å²) in [6.45, 7) is 0.524. The molecule has 0 N–H and O–H groups in total. The molecule has 0 fully saturated rings. The Morgan fingerprint density at radius 3 is 2.56 bits per heavy atom. The Morgan fingerprint density at radius 2 is 1.81 bits per heavy atom. The molecule has 0 amide bonds. The highest BCUT2D eigenvalue weighted by atomic mass is 35.5. The molecule has 0 aliphatic rings. The number of pyridine rings is 2. The van der Waals surface area contributed by atoms with Crippen molar-refractivity contribution in [2.45, 2.75) is 6.54 Å². The molecule has 0 spiro atoms. The molecule has 0 saturated carbocycles. The lowest BCUT2D eigenvalue weighted by atomic mass is 10.1. The first-order valence-electron chi connectivity index (χ1n) is 9.72. The smallest absolute Gasteiger partial charge is 0.177 e. The minimum Gasteiger partial charge on any atom is -1.00 e. The van der Waals surface area contributed by atoms with Crippen LogP contribution in [0.25, 0.3) is 27.4 Å². The molecular formula is C25H16ClN5S. The van der Waals surface area contributed by atoms with E-state index in [-0.39, 0.29) is 12.4 Å². The van der Waals surface area contributed by atoms with Gasteiger partial charge in [0.2, 0.25) is 0 Å². The summed E-state index contributed by atoms with van der Waals surface area (Å²) in [6, 6.07) is 24.2. The van der Waals surface area contributed by atoms with Crippen molar-refractivity contribution in [1.29, 1.82) is 10.5 Å². The Labute approximate surface area is 195 Å². The number of hydrogen-bond acceptors (Lipinski definition) is 4. The molecule has 1 aromatic carbocycles. The van der Waals surface area contributed by atoms with E-state index < -0.39 is 0 Å². The van der Waals surface area contributed by atoms with Crippen LogP contribution in [0.4, 0.5) is 0 Å². The molecule has 32 heavy (non-hydrogen) atoms. The number of thiazole rings is 1. The zero-order valence-electron chi connectivity index (χ0n) is 16.8. The van der Waals surface area contributed by atoms with Crippen LogP contribution >= 0.6 is 11.3 Å². The quantitative estimate of drug-likeness (QED) is 0.308. The molecule has 0 aliphatic heterocycles. The predicted molar refractivity (Wildman–Crippen MR) is 121 cm³/mol. The van der Waals surface area contributed by atoms with Crippen LogP contribution in [0.15, 0.2) is 79.3 Å². The Balaban J connectivity index is 0.00000245. The molecule has 154 valence electrons. The summed E-state index contributed by atoms with van der Waals surface area (Å²) in [5.74, 6) is 0. The first kappa shape index (κ1) is 21.3. The molecule has 4 heterocycles. The number of rotatable bonds is 4. The van der Waals surface area contributed by atoms with E-state index in [1.165, 1.54) is 11.3 Å². The summed E-state index contributed by atoms with van der Waals surface area (Å²) in [6.07, 6.45) is 7.71. The number of halogens is 1. The largest absolute Gasteiger partial charge is 1.00 e. The van der Waals surface area contributed by atoms with Gasteiger partial charge in [-0.1, -0.05) is 24.3 Å². The van der Waals surface area contributed by atoms with E-state index in [0.717, 1.165) is 27.0 Å². The molecule has 5 nitrogen and oxygen atoms in total. The van der Waals surface area contributed by atoms with Crippen LogP contribution in [-0.2, 0) is 6.54 Å². The van der Waals surface area contributed by atoms with Gasteiger partial charge in [0, 0.05) is 18.3 Å². The summed E-state index contributed by atoms with van der Waals surface area (Å²) in [7, 11) is 0. The second-order valence-corrected chi connectivity index (χ2v) is 8.04. The van der Waals surface area contributed by atoms with Crippen LogP contribution in [0, 0.1) is 22.7 Å². The number of allylic oxidation sites excluding steroid dienone is 1. The molecule has 0 radical (unpaired) electrons. The molecule has 4 aromatic heterocycles. The zero-order valence-corrected chi connectivity index (χ0v) is 18.4. The fourth-order valence-electron chi connectivity index (χ4n) is 3.71. The molecular weight excluding hydrogens is 438 g/mol. The van der Waals surface area contributed by atoms with Gasteiger partial charge >= 0.3 is 0 Å². The summed E-state index contributed by atoms with van der Waals surface area (Å²) >= 11 is 1.50. The Morgan fingerprint density at radius 1 is 1.03 bits per heavy atom. The van der Waals surface area contributed by atoms with E-state index in [0.29, 0.717) is 22.7 Å². The number of aromatic nitrogens is 3. The molecule has 5 rings (SSSR count). The Bertz CT molecular complexity index is 1500. The van der Waals surface area contributed by atoms with Gasteiger partial charge in [0.25, 0.3) is 0 Å². The third-order valence-electron chi connectivity index (χ3n) is 5.14. The van der Waals surface area contributed by atoms with Crippen molar-refractivity contribution in [3.05, 3.63) is 101 Å². The maximum Gasteiger partial charge on any atom is 0.177 e. The molecule has 0 bridgehead atoms. The van der Waals surface area contributed by atoms with Crippen molar-refractivity contribution in [3.8, 4) is 12.1 Å². The maximum atomic E-state index is 9.95. The maximum absolute atomic E-state index is 9.95. The SMILES string of the molecule is N#C/C(=C\c1c(C[n+]2ccccc2)c(C#N)c2ccccn12)c1nc2ccccc2s1.[Cl-]. The number of benzene rings is 1. The molecule has 0 atom stereocenters. The summed E-state index contributed by atoms with van der Waals surface area (Å²) in [5.41, 5.74) is 4.49. The number of nitriles is 2. The zero-order chi connectivity index (χ0) is 21.2. The second kappa shape index (κ2) is 9.03. The van der Waals surface area contributed by atoms with Crippen molar-refractivity contribution in [1.82, 2.24) is 9.38 Å². The highest BCUT2D eigenvalue weighted by Crippen LogP contribution is 2.31. The molecule has 0 aliphatic carbocycles. The Hall–Kier alpha value is -3.97. The van der Waals surface area contributed by atoms with Crippen molar-refractivity contribution in [2.24, 2.45) is 0 Å². The lowest BCUT2D eigenvalue weighted by Gasteiger charge is -2.02. The average molecular weight is 454 g/mol. The summed E-state index contributed by atoms with van der Waals surface area (Å²) in [5, 5.41) is 20.6. The van der Waals surface area contributed by atoms with Gasteiger partial charge in [-0.2, -0.15) is 10.5 Å². The van der Waals surface area contributed by atoms with Crippen LogP contribution in [0.3, 0.4) is 0 Å². The van der Waals surface area contributed by atoms with E-state index in [9.17, 15) is 10.5 Å². The molecule has 0 unspecified atom stereocenters. The lowest BCUT2D eigenvalue weighted by molar-refractivity contribution is -0.688. The first-order chi connectivity index (χ1) is 15.3. The molecule has 0 saturated heterocycles. The standard InChI is InChI=1S/C25H16N5S.ClH/c26-15-18(25-28-21-8-2-3-10-24(21)31-25)14-23-20(17-29-11-5-1-6-12-29)19(16-27)22-9-4-7-13-30(22)23;/h1-14H,17H2;1H/q+1;/p-1/b18-14+;. The van der Waals surface area contributed by atoms with Crippen molar-refractivity contribution >= 4 is 38.7 Å². The molecule has 5 aromatic rings. The minimum atomic E-state index is 0. The van der Waals surface area contributed by atoms with Gasteiger partial charge in [-0.25, -0.2) is 9.55 Å². The van der Waals surface area contributed by atoms with Crippen molar-refractivity contribution < 1.29 is 17.0 Å². The van der Waals surface area contributed by atoms with Gasteiger partial charge < -0.3 is 16.8 Å². The van der Waals surface area contributed by atoms with Gasteiger partial charge in [0.1, 0.15) is 17.1 Å². The van der Waals surface area contributed by atoms with Gasteiger partial charge in [-0.15, -0.1) is 11.3 Å². The topological polar surface area (TPSA) is 68.8 Å². The highest BCUT2D eigenvalue weighted by Gasteiger charge is 2.21. The van der Waals surface area contributed by atoms with E-state index >= 15 is 0 Å². The van der Waals surface area contributed by atoms with Gasteiger partial charge in [-0.05, 0) is 30.3 Å². The lowest BCUT2D eigenvalue weighted by Crippen LogP contribution is -3.00. The molecule has 7 heteroatoms. The average Bonchev–Trinajstić information content (AvgIpc) is 3.37. The Kier molecular flexibility index (Phi) is 6.00. The fraction of sp³-hybridized carbons (Fsp3) is 0.0400. The number of nitrogens with zero attached hydrogens (tertiary/aromatic N) is 5.